The van der Waals surface area contributed by atoms with Crippen molar-refractivity contribution in [3.05, 3.63) is 57.5 Å². The fourth-order valence-corrected chi connectivity index (χ4v) is 5.28. The highest BCUT2D eigenvalue weighted by molar-refractivity contribution is 7.89. The molecule has 9 heteroatoms. The fraction of sp³-hybridized carbons (Fsp3) is 0.278. The number of sulfonamides is 1. The second-order valence-corrected chi connectivity index (χ2v) is 9.44. The van der Waals surface area contributed by atoms with Gasteiger partial charge in [0.05, 0.1) is 5.02 Å². The number of piperidine rings is 1. The summed E-state index contributed by atoms with van der Waals surface area (Å²) in [5, 5.41) is 3.85. The van der Waals surface area contributed by atoms with E-state index in [1.807, 2.05) is 0 Å². The van der Waals surface area contributed by atoms with E-state index in [0.717, 1.165) is 0 Å². The molecule has 0 unspecified atom stereocenters. The normalized spacial score (nSPS) is 16.3. The highest BCUT2D eigenvalue weighted by atomic mass is 35.5. The maximum Gasteiger partial charge on any atom is 0.244 e. The molecule has 1 amide bonds. The van der Waals surface area contributed by atoms with Crippen LogP contribution in [0.25, 0.3) is 0 Å². The van der Waals surface area contributed by atoms with Crippen LogP contribution in [0.4, 0.5) is 5.69 Å². The number of benzene rings is 2. The summed E-state index contributed by atoms with van der Waals surface area (Å²) >= 11 is 17.8. The van der Waals surface area contributed by atoms with Gasteiger partial charge in [-0.3, -0.25) is 4.79 Å². The summed E-state index contributed by atoms with van der Waals surface area (Å²) in [6.07, 6.45) is 0.855. The van der Waals surface area contributed by atoms with Gasteiger partial charge in [0, 0.05) is 34.7 Å². The molecule has 1 N–H and O–H groups in total. The SMILES string of the molecule is O=C(Nc1ccc(Cl)cc1)C1CCN(S(=O)(=O)c2cc(Cl)ccc2Cl)CC1. The van der Waals surface area contributed by atoms with Crippen molar-refractivity contribution < 1.29 is 13.2 Å². The standard InChI is InChI=1S/C18H17Cl3N2O3S/c19-13-1-4-15(5-2-13)22-18(24)12-7-9-23(10-8-12)27(25,26)17-11-14(20)3-6-16(17)21/h1-6,11-12H,7-10H2,(H,22,24). The predicted molar refractivity (Wildman–Crippen MR) is 108 cm³/mol. The molecule has 0 atom stereocenters. The van der Waals surface area contributed by atoms with Crippen molar-refractivity contribution >= 4 is 56.4 Å². The van der Waals surface area contributed by atoms with E-state index in [4.69, 9.17) is 34.8 Å². The quantitative estimate of drug-likeness (QED) is 0.739. The van der Waals surface area contributed by atoms with Crippen LogP contribution in [0.15, 0.2) is 47.4 Å². The zero-order chi connectivity index (χ0) is 19.6. The minimum absolute atomic E-state index is 0.0132. The number of amides is 1. The van der Waals surface area contributed by atoms with Gasteiger partial charge in [-0.2, -0.15) is 4.31 Å². The number of halogens is 3. The van der Waals surface area contributed by atoms with Gasteiger partial charge in [0.15, 0.2) is 0 Å². The van der Waals surface area contributed by atoms with Crippen LogP contribution in [0.1, 0.15) is 12.8 Å². The fourth-order valence-electron chi connectivity index (χ4n) is 2.95. The summed E-state index contributed by atoms with van der Waals surface area (Å²) in [4.78, 5) is 12.4. The molecule has 5 nitrogen and oxygen atoms in total. The highest BCUT2D eigenvalue weighted by Gasteiger charge is 2.33. The lowest BCUT2D eigenvalue weighted by Crippen LogP contribution is -2.41. The molecule has 1 aliphatic rings. The first-order valence-electron chi connectivity index (χ1n) is 8.29. The van der Waals surface area contributed by atoms with E-state index in [2.05, 4.69) is 5.32 Å². The Hall–Kier alpha value is -1.31. The van der Waals surface area contributed by atoms with Crippen LogP contribution in [-0.4, -0.2) is 31.7 Å². The summed E-state index contributed by atoms with van der Waals surface area (Å²) in [5.41, 5.74) is 0.658. The van der Waals surface area contributed by atoms with Crippen LogP contribution in [0.5, 0.6) is 0 Å². The number of nitrogens with zero attached hydrogens (tertiary/aromatic N) is 1. The zero-order valence-corrected chi connectivity index (χ0v) is 17.2. The predicted octanol–water partition coefficient (Wildman–Crippen LogP) is 4.69. The van der Waals surface area contributed by atoms with Crippen LogP contribution in [0.2, 0.25) is 15.1 Å². The van der Waals surface area contributed by atoms with E-state index in [-0.39, 0.29) is 34.8 Å². The molecule has 144 valence electrons. The molecule has 0 saturated carbocycles. The molecule has 0 aromatic heterocycles. The Kier molecular flexibility index (Phi) is 6.33. The number of anilines is 1. The first-order valence-corrected chi connectivity index (χ1v) is 10.9. The Morgan fingerprint density at radius 1 is 0.963 bits per heavy atom. The zero-order valence-electron chi connectivity index (χ0n) is 14.2. The molecule has 27 heavy (non-hydrogen) atoms. The van der Waals surface area contributed by atoms with Gasteiger partial charge in [-0.25, -0.2) is 8.42 Å². The van der Waals surface area contributed by atoms with Crippen LogP contribution < -0.4 is 5.32 Å². The summed E-state index contributed by atoms with van der Waals surface area (Å²) < 4.78 is 27.0. The Morgan fingerprint density at radius 2 is 1.56 bits per heavy atom. The number of carbonyl (C=O) groups excluding carboxylic acids is 1. The first kappa shape index (κ1) is 20.4. The number of nitrogens with one attached hydrogen (secondary N) is 1. The Labute approximate surface area is 173 Å². The monoisotopic (exact) mass is 446 g/mol. The maximum atomic E-state index is 12.8. The highest BCUT2D eigenvalue weighted by Crippen LogP contribution is 2.30. The van der Waals surface area contributed by atoms with Gasteiger partial charge in [0.1, 0.15) is 4.90 Å². The average molecular weight is 448 g/mol. The molecule has 1 heterocycles. The second-order valence-electron chi connectivity index (χ2n) is 6.25. The summed E-state index contributed by atoms with van der Waals surface area (Å²) in [7, 11) is -3.76. The van der Waals surface area contributed by atoms with Crippen molar-refractivity contribution in [2.45, 2.75) is 17.7 Å². The lowest BCUT2D eigenvalue weighted by molar-refractivity contribution is -0.120. The largest absolute Gasteiger partial charge is 0.326 e. The van der Waals surface area contributed by atoms with Gasteiger partial charge in [-0.15, -0.1) is 0 Å². The average Bonchev–Trinajstić information content (AvgIpc) is 2.65. The lowest BCUT2D eigenvalue weighted by atomic mass is 9.97. The minimum Gasteiger partial charge on any atom is -0.326 e. The Morgan fingerprint density at radius 3 is 2.19 bits per heavy atom. The molecule has 0 spiro atoms. The van der Waals surface area contributed by atoms with Gasteiger partial charge in [0.25, 0.3) is 0 Å². The Balaban J connectivity index is 1.65. The van der Waals surface area contributed by atoms with Crippen LogP contribution in [0, 0.1) is 5.92 Å². The topological polar surface area (TPSA) is 66.5 Å². The van der Waals surface area contributed by atoms with Gasteiger partial charge in [0.2, 0.25) is 15.9 Å². The molecular formula is C18H17Cl3N2O3S. The van der Waals surface area contributed by atoms with E-state index < -0.39 is 10.0 Å². The number of carbonyl (C=O) groups is 1. The van der Waals surface area contributed by atoms with E-state index in [1.165, 1.54) is 22.5 Å². The van der Waals surface area contributed by atoms with E-state index in [0.29, 0.717) is 28.6 Å². The van der Waals surface area contributed by atoms with E-state index in [9.17, 15) is 13.2 Å². The van der Waals surface area contributed by atoms with Crippen molar-refractivity contribution in [3.63, 3.8) is 0 Å². The smallest absolute Gasteiger partial charge is 0.244 e. The third kappa shape index (κ3) is 4.76. The van der Waals surface area contributed by atoms with Crippen molar-refractivity contribution in [2.24, 2.45) is 5.92 Å². The lowest BCUT2D eigenvalue weighted by Gasteiger charge is -2.30. The molecule has 0 bridgehead atoms. The van der Waals surface area contributed by atoms with E-state index >= 15 is 0 Å². The molecule has 2 aromatic carbocycles. The van der Waals surface area contributed by atoms with E-state index in [1.54, 1.807) is 24.3 Å². The third-order valence-corrected chi connectivity index (χ3v) is 7.31. The molecule has 1 fully saturated rings. The van der Waals surface area contributed by atoms with Gasteiger partial charge in [-0.1, -0.05) is 34.8 Å². The van der Waals surface area contributed by atoms with Crippen molar-refractivity contribution in [2.75, 3.05) is 18.4 Å². The molecule has 0 radical (unpaired) electrons. The molecule has 0 aliphatic carbocycles. The minimum atomic E-state index is -3.76. The molecule has 1 saturated heterocycles. The van der Waals surface area contributed by atoms with Crippen molar-refractivity contribution in [1.29, 1.82) is 0 Å². The Bertz CT molecular complexity index is 941. The van der Waals surface area contributed by atoms with Crippen LogP contribution in [0.3, 0.4) is 0 Å². The molecule has 2 aromatic rings. The first-order chi connectivity index (χ1) is 12.8. The summed E-state index contributed by atoms with van der Waals surface area (Å²) in [6, 6.07) is 11.2. The third-order valence-electron chi connectivity index (χ3n) is 4.45. The molecule has 3 rings (SSSR count). The van der Waals surface area contributed by atoms with Crippen molar-refractivity contribution in [3.8, 4) is 0 Å². The van der Waals surface area contributed by atoms with Crippen LogP contribution >= 0.6 is 34.8 Å². The van der Waals surface area contributed by atoms with Crippen molar-refractivity contribution in [1.82, 2.24) is 4.31 Å². The molecule has 1 aliphatic heterocycles. The summed E-state index contributed by atoms with van der Waals surface area (Å²) in [5.74, 6) is -0.392. The maximum absolute atomic E-state index is 12.8. The van der Waals surface area contributed by atoms with Gasteiger partial charge < -0.3 is 5.32 Å². The number of hydrogen-bond donors (Lipinski definition) is 1. The summed E-state index contributed by atoms with van der Waals surface area (Å²) in [6.45, 7) is 0.480. The number of hydrogen-bond acceptors (Lipinski definition) is 3. The second kappa shape index (κ2) is 8.37. The van der Waals surface area contributed by atoms with Gasteiger partial charge >= 0.3 is 0 Å². The molecular weight excluding hydrogens is 431 g/mol. The van der Waals surface area contributed by atoms with Crippen LogP contribution in [-0.2, 0) is 14.8 Å². The number of rotatable bonds is 4. The van der Waals surface area contributed by atoms with Gasteiger partial charge in [-0.05, 0) is 55.3 Å².